The second-order valence-corrected chi connectivity index (χ2v) is 7.47. The minimum atomic E-state index is -0.618. The number of aliphatic hydroxyl groups is 2. The Kier molecular flexibility index (Phi) is 3.81. The summed E-state index contributed by atoms with van der Waals surface area (Å²) in [6.45, 7) is 2.00. The third kappa shape index (κ3) is 2.11. The second kappa shape index (κ2) is 5.74. The van der Waals surface area contributed by atoms with Crippen LogP contribution in [-0.4, -0.2) is 28.9 Å². The molecule has 2 fully saturated rings. The number of fused-ring (bicyclic) bond motifs is 2. The van der Waals surface area contributed by atoms with Crippen LogP contribution in [0.4, 0.5) is 0 Å². The van der Waals surface area contributed by atoms with Crippen molar-refractivity contribution in [1.82, 2.24) is 0 Å². The summed E-state index contributed by atoms with van der Waals surface area (Å²) in [5, 5.41) is 20.3. The Balaban J connectivity index is 1.77. The molecule has 5 atom stereocenters. The number of cyclic esters (lactones) is 1. The molecule has 1 saturated carbocycles. The monoisotopic (exact) mass is 332 g/mol. The van der Waals surface area contributed by atoms with E-state index in [1.807, 2.05) is 13.0 Å². The van der Waals surface area contributed by atoms with Crippen molar-refractivity contribution in [1.29, 1.82) is 0 Å². The van der Waals surface area contributed by atoms with Gasteiger partial charge >= 0.3 is 5.97 Å². The van der Waals surface area contributed by atoms with E-state index in [2.05, 4.69) is 0 Å². The first-order valence-corrected chi connectivity index (χ1v) is 8.83. The highest BCUT2D eigenvalue weighted by atomic mass is 16.6. The molecule has 24 heavy (non-hydrogen) atoms. The molecule has 0 unspecified atom stereocenters. The third-order valence-corrected chi connectivity index (χ3v) is 6.40. The number of aliphatic hydroxyl groups excluding tert-OH is 2. The zero-order valence-electron chi connectivity index (χ0n) is 13.9. The van der Waals surface area contributed by atoms with Crippen molar-refractivity contribution in [2.75, 3.05) is 6.61 Å². The molecule has 5 nitrogen and oxygen atoms in total. The molecule has 130 valence electrons. The topological polar surface area (TPSA) is 79.9 Å². The SMILES string of the molecule is C[C@@H]1C[C@@H](O)C2=C(CO)CCC[C@@H]2[C@@]12C[C@@H](c1ccco1)OC2=O. The Morgan fingerprint density at radius 1 is 1.42 bits per heavy atom. The summed E-state index contributed by atoms with van der Waals surface area (Å²) in [6.07, 6.45) is 4.40. The average Bonchev–Trinajstić information content (AvgIpc) is 3.21. The van der Waals surface area contributed by atoms with Crippen LogP contribution in [0.25, 0.3) is 0 Å². The van der Waals surface area contributed by atoms with E-state index in [0.717, 1.165) is 30.4 Å². The fourth-order valence-electron chi connectivity index (χ4n) is 5.25. The van der Waals surface area contributed by atoms with E-state index < -0.39 is 11.5 Å². The Hall–Kier alpha value is -1.59. The number of carbonyl (C=O) groups excluding carboxylic acids is 1. The van der Waals surface area contributed by atoms with Gasteiger partial charge < -0.3 is 19.4 Å². The van der Waals surface area contributed by atoms with Gasteiger partial charge in [0.05, 0.1) is 24.4 Å². The molecular formula is C19H24O5. The smallest absolute Gasteiger partial charge is 0.313 e. The maximum atomic E-state index is 13.0. The Morgan fingerprint density at radius 3 is 2.96 bits per heavy atom. The van der Waals surface area contributed by atoms with Gasteiger partial charge in [0, 0.05) is 6.42 Å². The molecule has 2 N–H and O–H groups in total. The van der Waals surface area contributed by atoms with E-state index in [-0.39, 0.29) is 30.5 Å². The number of rotatable bonds is 2. The van der Waals surface area contributed by atoms with Crippen molar-refractivity contribution in [3.63, 3.8) is 0 Å². The quantitative estimate of drug-likeness (QED) is 0.643. The van der Waals surface area contributed by atoms with Crippen molar-refractivity contribution < 1.29 is 24.2 Å². The molecule has 0 amide bonds. The summed E-state index contributed by atoms with van der Waals surface area (Å²) in [5.74, 6) is 0.499. The van der Waals surface area contributed by atoms with E-state index in [0.29, 0.717) is 18.6 Å². The lowest BCUT2D eigenvalue weighted by Crippen LogP contribution is -2.50. The number of hydrogen-bond acceptors (Lipinski definition) is 5. The average molecular weight is 332 g/mol. The van der Waals surface area contributed by atoms with E-state index in [1.165, 1.54) is 0 Å². The third-order valence-electron chi connectivity index (χ3n) is 6.40. The van der Waals surface area contributed by atoms with Crippen LogP contribution in [0.3, 0.4) is 0 Å². The van der Waals surface area contributed by atoms with Crippen LogP contribution in [0.1, 0.15) is 50.9 Å². The number of furan rings is 1. The summed E-state index contributed by atoms with van der Waals surface area (Å²) in [5.41, 5.74) is 1.20. The molecule has 5 heteroatoms. The lowest BCUT2D eigenvalue weighted by atomic mass is 9.53. The first-order chi connectivity index (χ1) is 11.6. The molecule has 4 rings (SSSR count). The number of ether oxygens (including phenoxy) is 1. The standard InChI is InChI=1S/C19H24O5/c1-11-8-14(21)17-12(10-20)4-2-5-13(17)19(11)9-16(24-18(19)22)15-6-3-7-23-15/h3,6-7,11,13-14,16,20-21H,2,4-5,8-10H2,1H3/t11-,13+,14-,16+,19-/m1/s1. The van der Waals surface area contributed by atoms with Crippen LogP contribution in [-0.2, 0) is 9.53 Å². The van der Waals surface area contributed by atoms with Crippen LogP contribution in [0.15, 0.2) is 34.0 Å². The largest absolute Gasteiger partial charge is 0.465 e. The molecule has 2 aliphatic carbocycles. The normalized spacial score (nSPS) is 39.2. The predicted octanol–water partition coefficient (Wildman–Crippen LogP) is 2.74. The molecule has 1 aliphatic heterocycles. The molecule has 0 radical (unpaired) electrons. The fourth-order valence-corrected chi connectivity index (χ4v) is 5.25. The van der Waals surface area contributed by atoms with Gasteiger partial charge in [-0.1, -0.05) is 6.92 Å². The molecule has 3 aliphatic rings. The maximum Gasteiger partial charge on any atom is 0.313 e. The number of hydrogen-bond donors (Lipinski definition) is 2. The van der Waals surface area contributed by atoms with Gasteiger partial charge in [-0.25, -0.2) is 0 Å². The van der Waals surface area contributed by atoms with Crippen molar-refractivity contribution in [3.8, 4) is 0 Å². The molecule has 2 heterocycles. The summed E-state index contributed by atoms with van der Waals surface area (Å²) in [6, 6.07) is 3.65. The van der Waals surface area contributed by atoms with Crippen LogP contribution in [0.2, 0.25) is 0 Å². The van der Waals surface area contributed by atoms with Crippen LogP contribution < -0.4 is 0 Å². The molecule has 1 aromatic heterocycles. The van der Waals surface area contributed by atoms with Gasteiger partial charge in [-0.15, -0.1) is 0 Å². The molecule has 1 saturated heterocycles. The Bertz CT molecular complexity index is 661. The van der Waals surface area contributed by atoms with Crippen LogP contribution >= 0.6 is 0 Å². The maximum absolute atomic E-state index is 13.0. The lowest BCUT2D eigenvalue weighted by molar-refractivity contribution is -0.156. The van der Waals surface area contributed by atoms with Gasteiger partial charge in [0.25, 0.3) is 0 Å². The summed E-state index contributed by atoms with van der Waals surface area (Å²) >= 11 is 0. The zero-order chi connectivity index (χ0) is 16.9. The molecule has 0 bridgehead atoms. The van der Waals surface area contributed by atoms with Gasteiger partial charge in [-0.2, -0.15) is 0 Å². The molecular weight excluding hydrogens is 308 g/mol. The van der Waals surface area contributed by atoms with E-state index >= 15 is 0 Å². The highest BCUT2D eigenvalue weighted by molar-refractivity contribution is 5.81. The Labute approximate surface area is 141 Å². The Morgan fingerprint density at radius 2 is 2.25 bits per heavy atom. The van der Waals surface area contributed by atoms with E-state index in [9.17, 15) is 15.0 Å². The lowest BCUT2D eigenvalue weighted by Gasteiger charge is -2.49. The van der Waals surface area contributed by atoms with Crippen molar-refractivity contribution in [3.05, 3.63) is 35.3 Å². The number of carbonyl (C=O) groups is 1. The molecule has 1 aromatic rings. The minimum Gasteiger partial charge on any atom is -0.465 e. The van der Waals surface area contributed by atoms with Gasteiger partial charge in [-0.3, -0.25) is 4.79 Å². The summed E-state index contributed by atoms with van der Waals surface area (Å²) in [4.78, 5) is 13.0. The van der Waals surface area contributed by atoms with Crippen molar-refractivity contribution in [2.45, 2.75) is 51.2 Å². The molecule has 0 aromatic carbocycles. The summed E-state index contributed by atoms with van der Waals surface area (Å²) in [7, 11) is 0. The molecule has 1 spiro atoms. The first-order valence-electron chi connectivity index (χ1n) is 8.83. The van der Waals surface area contributed by atoms with Gasteiger partial charge in [0.2, 0.25) is 0 Å². The number of esters is 1. The van der Waals surface area contributed by atoms with Gasteiger partial charge in [-0.05, 0) is 60.8 Å². The zero-order valence-corrected chi connectivity index (χ0v) is 13.9. The van der Waals surface area contributed by atoms with Gasteiger partial charge in [0.1, 0.15) is 5.76 Å². The second-order valence-electron chi connectivity index (χ2n) is 7.47. The predicted molar refractivity (Wildman–Crippen MR) is 85.8 cm³/mol. The summed E-state index contributed by atoms with van der Waals surface area (Å²) < 4.78 is 11.2. The minimum absolute atomic E-state index is 0.0340. The van der Waals surface area contributed by atoms with Crippen LogP contribution in [0.5, 0.6) is 0 Å². The van der Waals surface area contributed by atoms with Gasteiger partial charge in [0.15, 0.2) is 6.10 Å². The van der Waals surface area contributed by atoms with E-state index in [1.54, 1.807) is 12.3 Å². The van der Waals surface area contributed by atoms with Crippen LogP contribution in [0, 0.1) is 17.3 Å². The highest BCUT2D eigenvalue weighted by Crippen LogP contribution is 2.60. The van der Waals surface area contributed by atoms with Crippen molar-refractivity contribution >= 4 is 5.97 Å². The highest BCUT2D eigenvalue weighted by Gasteiger charge is 2.62. The first kappa shape index (κ1) is 15.9. The van der Waals surface area contributed by atoms with Crippen molar-refractivity contribution in [2.24, 2.45) is 17.3 Å². The fraction of sp³-hybridized carbons (Fsp3) is 0.632. The van der Waals surface area contributed by atoms with E-state index in [4.69, 9.17) is 9.15 Å².